The van der Waals surface area contributed by atoms with E-state index in [1.165, 1.54) is 23.1 Å². The van der Waals surface area contributed by atoms with E-state index in [0.717, 1.165) is 6.42 Å². The first-order chi connectivity index (χ1) is 9.99. The van der Waals surface area contributed by atoms with Gasteiger partial charge in [0.25, 0.3) is 0 Å². The molecule has 0 heterocycles. The maximum atomic E-state index is 13.2. The number of nitrogens with one attached hydrogen (secondary N) is 1. The fourth-order valence-corrected chi connectivity index (χ4v) is 1.98. The second-order valence-corrected chi connectivity index (χ2v) is 4.71. The predicted molar refractivity (Wildman–Crippen MR) is 78.9 cm³/mol. The first-order valence-electron chi connectivity index (χ1n) is 7.06. The number of rotatable bonds is 7. The summed E-state index contributed by atoms with van der Waals surface area (Å²) >= 11 is 0. The third-order valence-electron chi connectivity index (χ3n) is 3.12. The Morgan fingerprint density at radius 1 is 1.38 bits per heavy atom. The van der Waals surface area contributed by atoms with E-state index in [4.69, 9.17) is 5.11 Å². The quantitative estimate of drug-likeness (QED) is 0.812. The molecule has 0 saturated heterocycles. The van der Waals surface area contributed by atoms with Crippen molar-refractivity contribution in [3.05, 3.63) is 30.1 Å². The summed E-state index contributed by atoms with van der Waals surface area (Å²) in [7, 11) is 0. The topological polar surface area (TPSA) is 69.6 Å². The zero-order valence-corrected chi connectivity index (χ0v) is 12.3. The van der Waals surface area contributed by atoms with E-state index in [-0.39, 0.29) is 0 Å². The molecule has 1 rings (SSSR count). The number of carboxylic acid groups (broad SMARTS) is 1. The SMILES string of the molecule is CCCCC(NC(=O)N(CC)c1cccc(F)c1)C(=O)O. The smallest absolute Gasteiger partial charge is 0.326 e. The van der Waals surface area contributed by atoms with Gasteiger partial charge in [-0.3, -0.25) is 4.90 Å². The maximum absolute atomic E-state index is 13.2. The Balaban J connectivity index is 2.80. The van der Waals surface area contributed by atoms with Crippen molar-refractivity contribution in [2.24, 2.45) is 0 Å². The molecule has 0 fully saturated rings. The number of aliphatic carboxylic acids is 1. The summed E-state index contributed by atoms with van der Waals surface area (Å²) in [5.41, 5.74) is 0.398. The lowest BCUT2D eigenvalue weighted by Crippen LogP contribution is -2.48. The van der Waals surface area contributed by atoms with E-state index in [2.05, 4.69) is 5.32 Å². The van der Waals surface area contributed by atoms with Gasteiger partial charge in [-0.05, 0) is 31.5 Å². The first-order valence-corrected chi connectivity index (χ1v) is 7.06. The molecular formula is C15H21FN2O3. The molecule has 0 saturated carbocycles. The minimum Gasteiger partial charge on any atom is -0.480 e. The highest BCUT2D eigenvalue weighted by molar-refractivity contribution is 5.94. The van der Waals surface area contributed by atoms with Gasteiger partial charge >= 0.3 is 12.0 Å². The van der Waals surface area contributed by atoms with Crippen LogP contribution in [0.5, 0.6) is 0 Å². The summed E-state index contributed by atoms with van der Waals surface area (Å²) in [5.74, 6) is -1.51. The van der Waals surface area contributed by atoms with Crippen molar-refractivity contribution in [2.75, 3.05) is 11.4 Å². The van der Waals surface area contributed by atoms with Crippen LogP contribution in [0.1, 0.15) is 33.1 Å². The Labute approximate surface area is 123 Å². The van der Waals surface area contributed by atoms with Crippen molar-refractivity contribution in [1.29, 1.82) is 0 Å². The number of hydrogen-bond donors (Lipinski definition) is 2. The molecule has 5 nitrogen and oxygen atoms in total. The maximum Gasteiger partial charge on any atom is 0.326 e. The molecule has 2 amide bonds. The van der Waals surface area contributed by atoms with Gasteiger partial charge in [0.1, 0.15) is 11.9 Å². The van der Waals surface area contributed by atoms with Gasteiger partial charge in [0.15, 0.2) is 0 Å². The molecule has 1 aromatic rings. The minimum absolute atomic E-state index is 0.315. The Kier molecular flexibility index (Phi) is 6.65. The van der Waals surface area contributed by atoms with Crippen LogP contribution in [0.4, 0.5) is 14.9 Å². The van der Waals surface area contributed by atoms with Crippen molar-refractivity contribution >= 4 is 17.7 Å². The molecule has 6 heteroatoms. The summed E-state index contributed by atoms with van der Waals surface area (Å²) in [6.07, 6.45) is 1.93. The Hall–Kier alpha value is -2.11. The number of amides is 2. The normalized spacial score (nSPS) is 11.8. The summed E-state index contributed by atoms with van der Waals surface area (Å²) in [6.45, 7) is 4.01. The van der Waals surface area contributed by atoms with Crippen LogP contribution in [-0.2, 0) is 4.79 Å². The number of halogens is 1. The second kappa shape index (κ2) is 8.24. The highest BCUT2D eigenvalue weighted by Gasteiger charge is 2.22. The molecule has 0 radical (unpaired) electrons. The number of hydrogen-bond acceptors (Lipinski definition) is 2. The van der Waals surface area contributed by atoms with Gasteiger partial charge in [-0.25, -0.2) is 14.0 Å². The fraction of sp³-hybridized carbons (Fsp3) is 0.467. The molecule has 0 aromatic heterocycles. The van der Waals surface area contributed by atoms with Gasteiger partial charge in [0.05, 0.1) is 0 Å². The van der Waals surface area contributed by atoms with Crippen molar-refractivity contribution in [2.45, 2.75) is 39.2 Å². The van der Waals surface area contributed by atoms with Gasteiger partial charge < -0.3 is 10.4 Å². The standard InChI is InChI=1S/C15H21FN2O3/c1-3-5-9-13(14(19)20)17-15(21)18(4-2)12-8-6-7-11(16)10-12/h6-8,10,13H,3-5,9H2,1-2H3,(H,17,21)(H,19,20). The average molecular weight is 296 g/mol. The Bertz CT molecular complexity index is 494. The highest BCUT2D eigenvalue weighted by atomic mass is 19.1. The van der Waals surface area contributed by atoms with Gasteiger partial charge in [0, 0.05) is 12.2 Å². The molecule has 0 aliphatic rings. The summed E-state index contributed by atoms with van der Waals surface area (Å²) < 4.78 is 13.2. The molecule has 0 aliphatic heterocycles. The molecular weight excluding hydrogens is 275 g/mol. The third kappa shape index (κ3) is 5.06. The van der Waals surface area contributed by atoms with Gasteiger partial charge in [-0.15, -0.1) is 0 Å². The van der Waals surface area contributed by atoms with Gasteiger partial charge in [-0.1, -0.05) is 25.8 Å². The molecule has 21 heavy (non-hydrogen) atoms. The van der Waals surface area contributed by atoms with Crippen LogP contribution in [0.3, 0.4) is 0 Å². The second-order valence-electron chi connectivity index (χ2n) is 4.71. The first kappa shape index (κ1) is 16.9. The van der Waals surface area contributed by atoms with Crippen molar-refractivity contribution in [3.63, 3.8) is 0 Å². The number of nitrogens with zero attached hydrogens (tertiary/aromatic N) is 1. The summed E-state index contributed by atoms with van der Waals surface area (Å²) in [5, 5.41) is 11.6. The number of unbranched alkanes of at least 4 members (excludes halogenated alkanes) is 1. The van der Waals surface area contributed by atoms with Crippen molar-refractivity contribution in [3.8, 4) is 0 Å². The Morgan fingerprint density at radius 3 is 2.62 bits per heavy atom. The average Bonchev–Trinajstić information content (AvgIpc) is 2.44. The number of anilines is 1. The highest BCUT2D eigenvalue weighted by Crippen LogP contribution is 2.16. The van der Waals surface area contributed by atoms with E-state index in [1.807, 2.05) is 6.92 Å². The molecule has 1 unspecified atom stereocenters. The molecule has 1 aromatic carbocycles. The molecule has 0 bridgehead atoms. The summed E-state index contributed by atoms with van der Waals surface area (Å²) in [6, 6.07) is 4.17. The van der Waals surface area contributed by atoms with Crippen LogP contribution in [0.15, 0.2) is 24.3 Å². The van der Waals surface area contributed by atoms with Gasteiger partial charge in [-0.2, -0.15) is 0 Å². The number of carbonyl (C=O) groups is 2. The monoisotopic (exact) mass is 296 g/mol. The zero-order chi connectivity index (χ0) is 15.8. The van der Waals surface area contributed by atoms with Crippen LogP contribution in [0.2, 0.25) is 0 Å². The van der Waals surface area contributed by atoms with Gasteiger partial charge in [0.2, 0.25) is 0 Å². The van der Waals surface area contributed by atoms with Crippen LogP contribution < -0.4 is 10.2 Å². The molecule has 0 aliphatic carbocycles. The third-order valence-corrected chi connectivity index (χ3v) is 3.12. The van der Waals surface area contributed by atoms with Crippen molar-refractivity contribution in [1.82, 2.24) is 5.32 Å². The zero-order valence-electron chi connectivity index (χ0n) is 12.3. The number of urea groups is 1. The fourth-order valence-electron chi connectivity index (χ4n) is 1.98. The molecule has 2 N–H and O–H groups in total. The van der Waals surface area contributed by atoms with E-state index in [0.29, 0.717) is 25.1 Å². The molecule has 1 atom stereocenters. The lowest BCUT2D eigenvalue weighted by atomic mass is 10.1. The lowest BCUT2D eigenvalue weighted by Gasteiger charge is -2.24. The Morgan fingerprint density at radius 2 is 2.10 bits per heavy atom. The summed E-state index contributed by atoms with van der Waals surface area (Å²) in [4.78, 5) is 24.7. The largest absolute Gasteiger partial charge is 0.480 e. The van der Waals surface area contributed by atoms with E-state index >= 15 is 0 Å². The predicted octanol–water partition coefficient (Wildman–Crippen LogP) is 3.01. The van der Waals surface area contributed by atoms with E-state index < -0.39 is 23.9 Å². The van der Waals surface area contributed by atoms with Crippen LogP contribution in [0.25, 0.3) is 0 Å². The van der Waals surface area contributed by atoms with Crippen molar-refractivity contribution < 1.29 is 19.1 Å². The minimum atomic E-state index is -1.06. The van der Waals surface area contributed by atoms with E-state index in [9.17, 15) is 14.0 Å². The lowest BCUT2D eigenvalue weighted by molar-refractivity contribution is -0.139. The molecule has 116 valence electrons. The van der Waals surface area contributed by atoms with E-state index in [1.54, 1.807) is 13.0 Å². The number of carbonyl (C=O) groups excluding carboxylic acids is 1. The molecule has 0 spiro atoms. The van der Waals surface area contributed by atoms with Crippen LogP contribution >= 0.6 is 0 Å². The number of benzene rings is 1. The van der Waals surface area contributed by atoms with Crippen LogP contribution in [0, 0.1) is 5.82 Å². The van der Waals surface area contributed by atoms with Crippen LogP contribution in [-0.4, -0.2) is 29.7 Å². The number of carboxylic acids is 1.